The molecule has 1 aromatic heterocycles. The summed E-state index contributed by atoms with van der Waals surface area (Å²) in [5.74, 6) is 0.212. The van der Waals surface area contributed by atoms with E-state index in [-0.39, 0.29) is 5.91 Å². The van der Waals surface area contributed by atoms with Gasteiger partial charge in [0.1, 0.15) is 5.82 Å². The normalized spacial score (nSPS) is 11.0. The van der Waals surface area contributed by atoms with Crippen LogP contribution < -0.4 is 5.32 Å². The zero-order chi connectivity index (χ0) is 12.0. The predicted octanol–water partition coefficient (Wildman–Crippen LogP) is 2.18. The minimum atomic E-state index is -0.307. The van der Waals surface area contributed by atoms with Crippen molar-refractivity contribution in [2.75, 3.05) is 5.32 Å². The Bertz CT molecular complexity index is 424. The third-order valence-electron chi connectivity index (χ3n) is 2.14. The first kappa shape index (κ1) is 12.1. The van der Waals surface area contributed by atoms with Crippen molar-refractivity contribution in [3.8, 4) is 0 Å². The zero-order valence-corrected chi connectivity index (χ0v) is 9.45. The van der Waals surface area contributed by atoms with E-state index in [0.29, 0.717) is 11.4 Å². The molecule has 4 nitrogen and oxygen atoms in total. The summed E-state index contributed by atoms with van der Waals surface area (Å²) in [6.07, 6.45) is 3.44. The molecule has 4 heteroatoms. The molecule has 1 aromatic rings. The number of aryl methyl sites for hydroxylation is 1. The molecule has 0 aliphatic rings. The molecule has 16 heavy (non-hydrogen) atoms. The molecule has 1 amide bonds. The fraction of sp³-hybridized carbons (Fsp3) is 0.250. The number of rotatable bonds is 4. The summed E-state index contributed by atoms with van der Waals surface area (Å²) in [4.78, 5) is 15.9. The Morgan fingerprint density at radius 1 is 1.56 bits per heavy atom. The van der Waals surface area contributed by atoms with E-state index in [1.807, 2.05) is 19.1 Å². The second-order valence-corrected chi connectivity index (χ2v) is 3.21. The van der Waals surface area contributed by atoms with Crippen LogP contribution in [0.2, 0.25) is 0 Å². The highest BCUT2D eigenvalue weighted by Gasteiger charge is 2.06. The molecule has 2 N–H and O–H groups in total. The highest BCUT2D eigenvalue weighted by atomic mass is 16.1. The Labute approximate surface area is 94.9 Å². The average molecular weight is 217 g/mol. The molecular formula is C12H15N3O. The molecule has 0 aliphatic carbocycles. The lowest BCUT2D eigenvalue weighted by atomic mass is 10.2. The number of anilines is 1. The number of nitrogens with one attached hydrogen (secondary N) is 2. The van der Waals surface area contributed by atoms with Gasteiger partial charge in [0.2, 0.25) is 0 Å². The molecule has 0 unspecified atom stereocenters. The van der Waals surface area contributed by atoms with Gasteiger partial charge in [0.15, 0.2) is 0 Å². The van der Waals surface area contributed by atoms with Crippen molar-refractivity contribution in [2.24, 2.45) is 0 Å². The topological polar surface area (TPSA) is 65.8 Å². The number of hydrogen-bond donors (Lipinski definition) is 2. The van der Waals surface area contributed by atoms with Crippen LogP contribution in [0.5, 0.6) is 0 Å². The third-order valence-corrected chi connectivity index (χ3v) is 2.14. The van der Waals surface area contributed by atoms with Crippen LogP contribution in [-0.4, -0.2) is 17.1 Å². The molecule has 1 rings (SSSR count). The van der Waals surface area contributed by atoms with Crippen LogP contribution in [0.15, 0.2) is 29.8 Å². The summed E-state index contributed by atoms with van der Waals surface area (Å²) in [5.41, 5.74) is 1.25. The van der Waals surface area contributed by atoms with E-state index in [1.54, 1.807) is 19.1 Å². The first-order valence-corrected chi connectivity index (χ1v) is 5.15. The van der Waals surface area contributed by atoms with Crippen LogP contribution in [0.1, 0.15) is 19.5 Å². The van der Waals surface area contributed by atoms with E-state index in [4.69, 9.17) is 5.41 Å². The largest absolute Gasteiger partial charge is 0.308 e. The highest BCUT2D eigenvalue weighted by molar-refractivity contribution is 6.16. The fourth-order valence-corrected chi connectivity index (χ4v) is 1.21. The smallest absolute Gasteiger partial charge is 0.258 e. The molecule has 0 fully saturated rings. The first-order valence-electron chi connectivity index (χ1n) is 5.15. The number of aromatic nitrogens is 1. The molecule has 0 aromatic carbocycles. The van der Waals surface area contributed by atoms with Crippen LogP contribution in [0, 0.1) is 5.41 Å². The lowest BCUT2D eigenvalue weighted by Crippen LogP contribution is -2.16. The van der Waals surface area contributed by atoms with E-state index in [9.17, 15) is 4.79 Å². The molecule has 0 aliphatic heterocycles. The molecule has 0 saturated carbocycles. The molecule has 1 heterocycles. The maximum absolute atomic E-state index is 11.6. The van der Waals surface area contributed by atoms with Crippen LogP contribution in [0.4, 0.5) is 5.82 Å². The third kappa shape index (κ3) is 3.02. The number of carbonyl (C=O) groups is 1. The summed E-state index contributed by atoms with van der Waals surface area (Å²) >= 11 is 0. The van der Waals surface area contributed by atoms with Crippen molar-refractivity contribution in [2.45, 2.75) is 20.3 Å². The van der Waals surface area contributed by atoms with Gasteiger partial charge in [0, 0.05) is 11.9 Å². The van der Waals surface area contributed by atoms with E-state index in [2.05, 4.69) is 10.3 Å². The number of hydrogen-bond acceptors (Lipinski definition) is 3. The van der Waals surface area contributed by atoms with E-state index < -0.39 is 0 Å². The van der Waals surface area contributed by atoms with Gasteiger partial charge in [-0.25, -0.2) is 4.98 Å². The number of pyridine rings is 1. The maximum Gasteiger partial charge on any atom is 0.258 e. The average Bonchev–Trinajstić information content (AvgIpc) is 2.31. The SMILES string of the molecule is C/C=C(\C=N)C(=O)Nc1cccc(CC)n1. The minimum absolute atomic E-state index is 0.307. The summed E-state index contributed by atoms with van der Waals surface area (Å²) in [5, 5.41) is 9.71. The zero-order valence-electron chi connectivity index (χ0n) is 9.45. The van der Waals surface area contributed by atoms with Crippen molar-refractivity contribution in [1.82, 2.24) is 4.98 Å². The number of amides is 1. The van der Waals surface area contributed by atoms with Crippen molar-refractivity contribution in [1.29, 1.82) is 5.41 Å². The van der Waals surface area contributed by atoms with Crippen LogP contribution in [0.3, 0.4) is 0 Å². The van der Waals surface area contributed by atoms with Crippen LogP contribution in [-0.2, 0) is 11.2 Å². The minimum Gasteiger partial charge on any atom is -0.308 e. The monoisotopic (exact) mass is 217 g/mol. The number of allylic oxidation sites excluding steroid dienone is 1. The van der Waals surface area contributed by atoms with Crippen LogP contribution >= 0.6 is 0 Å². The van der Waals surface area contributed by atoms with Gasteiger partial charge in [0.05, 0.1) is 5.57 Å². The van der Waals surface area contributed by atoms with Gasteiger partial charge in [0.25, 0.3) is 5.91 Å². The first-order chi connectivity index (χ1) is 7.71. The standard InChI is InChI=1S/C12H15N3O/c1-3-9(8-13)12(16)15-11-7-5-6-10(4-2)14-11/h3,5-8,13H,4H2,1-2H3,(H,14,15,16)/b9-3+,13-8?. The van der Waals surface area contributed by atoms with Gasteiger partial charge in [-0.05, 0) is 25.5 Å². The summed E-state index contributed by atoms with van der Waals surface area (Å²) in [6, 6.07) is 5.48. The van der Waals surface area contributed by atoms with Crippen molar-refractivity contribution in [3.63, 3.8) is 0 Å². The maximum atomic E-state index is 11.6. The van der Waals surface area contributed by atoms with Gasteiger partial charge in [-0.1, -0.05) is 19.1 Å². The summed E-state index contributed by atoms with van der Waals surface area (Å²) in [6.45, 7) is 3.72. The van der Waals surface area contributed by atoms with Crippen molar-refractivity contribution >= 4 is 17.9 Å². The van der Waals surface area contributed by atoms with E-state index in [0.717, 1.165) is 18.3 Å². The second-order valence-electron chi connectivity index (χ2n) is 3.21. The van der Waals surface area contributed by atoms with E-state index in [1.165, 1.54) is 0 Å². The van der Waals surface area contributed by atoms with Gasteiger partial charge in [-0.2, -0.15) is 0 Å². The van der Waals surface area contributed by atoms with Crippen molar-refractivity contribution < 1.29 is 4.79 Å². The Kier molecular flexibility index (Phi) is 4.39. The lowest BCUT2D eigenvalue weighted by molar-refractivity contribution is -0.112. The predicted molar refractivity (Wildman–Crippen MR) is 64.8 cm³/mol. The Morgan fingerprint density at radius 2 is 2.31 bits per heavy atom. The number of nitrogens with zero attached hydrogens (tertiary/aromatic N) is 1. The molecule has 0 radical (unpaired) electrons. The van der Waals surface area contributed by atoms with Crippen LogP contribution in [0.25, 0.3) is 0 Å². The Balaban J connectivity index is 2.80. The fourth-order valence-electron chi connectivity index (χ4n) is 1.21. The molecular weight excluding hydrogens is 202 g/mol. The van der Waals surface area contributed by atoms with Gasteiger partial charge in [-0.3, -0.25) is 4.79 Å². The van der Waals surface area contributed by atoms with Crippen molar-refractivity contribution in [3.05, 3.63) is 35.5 Å². The van der Waals surface area contributed by atoms with E-state index >= 15 is 0 Å². The highest BCUT2D eigenvalue weighted by Crippen LogP contribution is 2.06. The molecule has 0 saturated heterocycles. The molecule has 0 bridgehead atoms. The van der Waals surface area contributed by atoms with Gasteiger partial charge >= 0.3 is 0 Å². The van der Waals surface area contributed by atoms with Gasteiger partial charge < -0.3 is 10.7 Å². The Hall–Kier alpha value is -1.97. The second kappa shape index (κ2) is 5.80. The summed E-state index contributed by atoms with van der Waals surface area (Å²) < 4.78 is 0. The summed E-state index contributed by atoms with van der Waals surface area (Å²) in [7, 11) is 0. The molecule has 0 atom stereocenters. The Morgan fingerprint density at radius 3 is 2.88 bits per heavy atom. The number of carbonyl (C=O) groups excluding carboxylic acids is 1. The molecule has 84 valence electrons. The lowest BCUT2D eigenvalue weighted by Gasteiger charge is -2.05. The quantitative estimate of drug-likeness (QED) is 0.599. The van der Waals surface area contributed by atoms with Gasteiger partial charge in [-0.15, -0.1) is 0 Å². The molecule has 0 spiro atoms.